The molecule has 0 atom stereocenters. The number of carbonyl (C=O) groups excluding carboxylic acids is 1. The standard InChI is InChI=1S/C10H10ClNO2/c1-2-5-12-10(14)8-4-3-7(11)6-9(8)13/h2-4,6,13H,1,5H2,(H,12,14). The predicted molar refractivity (Wildman–Crippen MR) is 55.6 cm³/mol. The minimum Gasteiger partial charge on any atom is -0.507 e. The molecule has 74 valence electrons. The van der Waals surface area contributed by atoms with Gasteiger partial charge in [0.25, 0.3) is 5.91 Å². The summed E-state index contributed by atoms with van der Waals surface area (Å²) in [5, 5.41) is 12.3. The molecule has 0 aliphatic carbocycles. The number of benzene rings is 1. The van der Waals surface area contributed by atoms with Crippen molar-refractivity contribution in [1.82, 2.24) is 5.32 Å². The first kappa shape index (κ1) is 10.6. The van der Waals surface area contributed by atoms with Gasteiger partial charge in [0.2, 0.25) is 0 Å². The summed E-state index contributed by atoms with van der Waals surface area (Å²) in [5.41, 5.74) is 0.205. The molecule has 0 saturated heterocycles. The Kier molecular flexibility index (Phi) is 3.54. The van der Waals surface area contributed by atoms with E-state index < -0.39 is 0 Å². The summed E-state index contributed by atoms with van der Waals surface area (Å²) in [5.74, 6) is -0.474. The molecule has 0 unspecified atom stereocenters. The number of nitrogens with one attached hydrogen (secondary N) is 1. The summed E-state index contributed by atoms with van der Waals surface area (Å²) in [4.78, 5) is 11.4. The van der Waals surface area contributed by atoms with Gasteiger partial charge in [0.15, 0.2) is 0 Å². The summed E-state index contributed by atoms with van der Waals surface area (Å²) in [6, 6.07) is 4.34. The quantitative estimate of drug-likeness (QED) is 0.751. The number of hydrogen-bond donors (Lipinski definition) is 2. The number of amides is 1. The molecular formula is C10H10ClNO2. The van der Waals surface area contributed by atoms with Crippen molar-refractivity contribution in [1.29, 1.82) is 0 Å². The number of hydrogen-bond acceptors (Lipinski definition) is 2. The van der Waals surface area contributed by atoms with Crippen LogP contribution in [-0.4, -0.2) is 17.6 Å². The van der Waals surface area contributed by atoms with E-state index in [-0.39, 0.29) is 17.2 Å². The molecule has 0 aromatic heterocycles. The molecule has 4 heteroatoms. The van der Waals surface area contributed by atoms with Gasteiger partial charge in [-0.05, 0) is 18.2 Å². The lowest BCUT2D eigenvalue weighted by Crippen LogP contribution is -2.23. The Morgan fingerprint density at radius 1 is 1.64 bits per heavy atom. The third-order valence-corrected chi connectivity index (χ3v) is 1.85. The number of carbonyl (C=O) groups is 1. The molecule has 2 N–H and O–H groups in total. The van der Waals surface area contributed by atoms with Crippen LogP contribution in [0.5, 0.6) is 5.75 Å². The van der Waals surface area contributed by atoms with Gasteiger partial charge in [-0.25, -0.2) is 0 Å². The molecule has 3 nitrogen and oxygen atoms in total. The van der Waals surface area contributed by atoms with E-state index in [9.17, 15) is 9.90 Å². The fourth-order valence-corrected chi connectivity index (χ4v) is 1.12. The van der Waals surface area contributed by atoms with Crippen molar-refractivity contribution in [3.8, 4) is 5.75 Å². The molecule has 0 bridgehead atoms. The molecule has 1 aromatic carbocycles. The summed E-state index contributed by atoms with van der Waals surface area (Å²) in [6.45, 7) is 3.83. The van der Waals surface area contributed by atoms with Crippen LogP contribution in [0.3, 0.4) is 0 Å². The maximum Gasteiger partial charge on any atom is 0.255 e. The molecule has 1 aromatic rings. The van der Waals surface area contributed by atoms with Crippen LogP contribution in [-0.2, 0) is 0 Å². The average Bonchev–Trinajstić information content (AvgIpc) is 2.14. The maximum absolute atomic E-state index is 11.4. The van der Waals surface area contributed by atoms with Crippen LogP contribution in [0.15, 0.2) is 30.9 Å². The van der Waals surface area contributed by atoms with Gasteiger partial charge in [0.1, 0.15) is 5.75 Å². The summed E-state index contributed by atoms with van der Waals surface area (Å²) < 4.78 is 0. The molecule has 14 heavy (non-hydrogen) atoms. The zero-order chi connectivity index (χ0) is 10.6. The van der Waals surface area contributed by atoms with Gasteiger partial charge in [0.05, 0.1) is 5.56 Å². The number of aromatic hydroxyl groups is 1. The fraction of sp³-hybridized carbons (Fsp3) is 0.100. The van der Waals surface area contributed by atoms with Crippen LogP contribution in [0.2, 0.25) is 5.02 Å². The lowest BCUT2D eigenvalue weighted by Gasteiger charge is -2.04. The largest absolute Gasteiger partial charge is 0.507 e. The highest BCUT2D eigenvalue weighted by atomic mass is 35.5. The molecular weight excluding hydrogens is 202 g/mol. The normalized spacial score (nSPS) is 9.50. The van der Waals surface area contributed by atoms with E-state index in [0.717, 1.165) is 0 Å². The first-order valence-electron chi connectivity index (χ1n) is 4.02. The Morgan fingerprint density at radius 2 is 2.36 bits per heavy atom. The molecule has 0 radical (unpaired) electrons. The van der Waals surface area contributed by atoms with Crippen molar-refractivity contribution in [2.75, 3.05) is 6.54 Å². The Morgan fingerprint density at radius 3 is 2.93 bits per heavy atom. The monoisotopic (exact) mass is 211 g/mol. The van der Waals surface area contributed by atoms with Crippen molar-refractivity contribution in [3.05, 3.63) is 41.4 Å². The first-order valence-corrected chi connectivity index (χ1v) is 4.40. The van der Waals surface area contributed by atoms with Gasteiger partial charge in [-0.1, -0.05) is 17.7 Å². The van der Waals surface area contributed by atoms with Crippen LogP contribution < -0.4 is 5.32 Å². The first-order chi connectivity index (χ1) is 6.65. The maximum atomic E-state index is 11.4. The molecule has 0 fully saturated rings. The Balaban J connectivity index is 2.84. The molecule has 0 heterocycles. The van der Waals surface area contributed by atoms with Crippen molar-refractivity contribution in [2.45, 2.75) is 0 Å². The van der Waals surface area contributed by atoms with Crippen molar-refractivity contribution >= 4 is 17.5 Å². The van der Waals surface area contributed by atoms with Crippen molar-refractivity contribution in [3.63, 3.8) is 0 Å². The van der Waals surface area contributed by atoms with Crippen molar-refractivity contribution < 1.29 is 9.90 Å². The van der Waals surface area contributed by atoms with Gasteiger partial charge < -0.3 is 10.4 Å². The SMILES string of the molecule is C=CCNC(=O)c1ccc(Cl)cc1O. The van der Waals surface area contributed by atoms with Gasteiger partial charge >= 0.3 is 0 Å². The summed E-state index contributed by atoms with van der Waals surface area (Å²) in [7, 11) is 0. The second-order valence-corrected chi connectivity index (χ2v) is 3.10. The number of halogens is 1. The number of phenolic OH excluding ortho intramolecular Hbond substituents is 1. The van der Waals surface area contributed by atoms with E-state index in [2.05, 4.69) is 11.9 Å². The van der Waals surface area contributed by atoms with Gasteiger partial charge in [-0.15, -0.1) is 6.58 Å². The summed E-state index contributed by atoms with van der Waals surface area (Å²) >= 11 is 5.62. The van der Waals surface area contributed by atoms with E-state index in [4.69, 9.17) is 11.6 Å². The third-order valence-electron chi connectivity index (χ3n) is 1.61. The molecule has 0 aliphatic rings. The van der Waals surface area contributed by atoms with Gasteiger partial charge in [0, 0.05) is 11.6 Å². The lowest BCUT2D eigenvalue weighted by molar-refractivity contribution is 0.0955. The second kappa shape index (κ2) is 4.67. The van der Waals surface area contributed by atoms with E-state index >= 15 is 0 Å². The lowest BCUT2D eigenvalue weighted by atomic mass is 10.2. The molecule has 1 amide bonds. The molecule has 0 saturated carbocycles. The van der Waals surface area contributed by atoms with E-state index in [1.54, 1.807) is 12.1 Å². The Bertz CT molecular complexity index is 363. The molecule has 1 rings (SSSR count). The molecule has 0 aliphatic heterocycles. The highest BCUT2D eigenvalue weighted by Crippen LogP contribution is 2.21. The van der Waals surface area contributed by atoms with Crippen LogP contribution in [0.4, 0.5) is 0 Å². The molecule has 0 spiro atoms. The van der Waals surface area contributed by atoms with Crippen LogP contribution >= 0.6 is 11.6 Å². The minimum absolute atomic E-state index is 0.126. The Labute approximate surface area is 87.0 Å². The van der Waals surface area contributed by atoms with Gasteiger partial charge in [-0.2, -0.15) is 0 Å². The fourth-order valence-electron chi connectivity index (χ4n) is 0.957. The minimum atomic E-state index is -0.348. The zero-order valence-corrected chi connectivity index (χ0v) is 8.21. The van der Waals surface area contributed by atoms with E-state index in [1.807, 2.05) is 0 Å². The van der Waals surface area contributed by atoms with Gasteiger partial charge in [-0.3, -0.25) is 4.79 Å². The third kappa shape index (κ3) is 2.50. The van der Waals surface area contributed by atoms with Crippen LogP contribution in [0.1, 0.15) is 10.4 Å². The highest BCUT2D eigenvalue weighted by Gasteiger charge is 2.09. The average molecular weight is 212 g/mol. The van der Waals surface area contributed by atoms with E-state index in [0.29, 0.717) is 11.6 Å². The number of rotatable bonds is 3. The van der Waals surface area contributed by atoms with E-state index in [1.165, 1.54) is 12.1 Å². The Hall–Kier alpha value is -1.48. The zero-order valence-electron chi connectivity index (χ0n) is 7.46. The number of phenols is 1. The highest BCUT2D eigenvalue weighted by molar-refractivity contribution is 6.30. The second-order valence-electron chi connectivity index (χ2n) is 2.66. The van der Waals surface area contributed by atoms with Crippen LogP contribution in [0, 0.1) is 0 Å². The topological polar surface area (TPSA) is 49.3 Å². The van der Waals surface area contributed by atoms with Crippen LogP contribution in [0.25, 0.3) is 0 Å². The summed E-state index contributed by atoms with van der Waals surface area (Å²) in [6.07, 6.45) is 1.56. The van der Waals surface area contributed by atoms with Crippen molar-refractivity contribution in [2.24, 2.45) is 0 Å². The smallest absolute Gasteiger partial charge is 0.255 e. The predicted octanol–water partition coefficient (Wildman–Crippen LogP) is 1.96.